The average molecular weight is 323 g/mol. The van der Waals surface area contributed by atoms with Gasteiger partial charge in [-0.25, -0.2) is 0 Å². The SMILES string of the molecule is CC(C)[Si](OCCOCCN)(OCCOCCN)C(C)C. The molecule has 21 heavy (non-hydrogen) atoms. The summed E-state index contributed by atoms with van der Waals surface area (Å²) < 4.78 is 23.1. The molecule has 0 amide bonds. The van der Waals surface area contributed by atoms with Crippen LogP contribution in [0.2, 0.25) is 11.1 Å². The van der Waals surface area contributed by atoms with Crippen molar-refractivity contribution in [2.45, 2.75) is 38.8 Å². The van der Waals surface area contributed by atoms with Crippen molar-refractivity contribution in [3.05, 3.63) is 0 Å². The molecule has 0 aliphatic rings. The van der Waals surface area contributed by atoms with Gasteiger partial charge in [0, 0.05) is 13.1 Å². The molecule has 0 aliphatic carbocycles. The van der Waals surface area contributed by atoms with Crippen LogP contribution in [0.4, 0.5) is 0 Å². The van der Waals surface area contributed by atoms with Crippen LogP contribution in [0.25, 0.3) is 0 Å². The second-order valence-corrected chi connectivity index (χ2v) is 9.86. The van der Waals surface area contributed by atoms with Crippen LogP contribution < -0.4 is 11.5 Å². The van der Waals surface area contributed by atoms with Gasteiger partial charge in [-0.3, -0.25) is 0 Å². The summed E-state index contributed by atoms with van der Waals surface area (Å²) in [5.41, 5.74) is 11.5. The molecule has 0 fully saturated rings. The number of nitrogens with two attached hydrogens (primary N) is 2. The Balaban J connectivity index is 4.32. The van der Waals surface area contributed by atoms with Gasteiger partial charge in [0.25, 0.3) is 0 Å². The van der Waals surface area contributed by atoms with E-state index in [1.807, 2.05) is 0 Å². The van der Waals surface area contributed by atoms with Crippen molar-refractivity contribution in [3.63, 3.8) is 0 Å². The van der Waals surface area contributed by atoms with E-state index in [0.717, 1.165) is 0 Å². The molecule has 0 spiro atoms. The summed E-state index contributed by atoms with van der Waals surface area (Å²) in [6.45, 7) is 13.0. The van der Waals surface area contributed by atoms with E-state index in [9.17, 15) is 0 Å². The van der Waals surface area contributed by atoms with Gasteiger partial charge in [-0.1, -0.05) is 27.7 Å². The summed E-state index contributed by atoms with van der Waals surface area (Å²) in [5.74, 6) is 0. The fourth-order valence-corrected chi connectivity index (χ4v) is 5.82. The van der Waals surface area contributed by atoms with Gasteiger partial charge in [0.1, 0.15) is 0 Å². The Morgan fingerprint density at radius 2 is 1.05 bits per heavy atom. The Kier molecular flexibility index (Phi) is 12.5. The molecular weight excluding hydrogens is 288 g/mol. The predicted molar refractivity (Wildman–Crippen MR) is 87.6 cm³/mol. The normalized spacial score (nSPS) is 12.6. The first-order chi connectivity index (χ1) is 10.0. The van der Waals surface area contributed by atoms with Crippen LogP contribution >= 0.6 is 0 Å². The third kappa shape index (κ3) is 8.25. The van der Waals surface area contributed by atoms with Crippen LogP contribution in [0, 0.1) is 0 Å². The zero-order chi connectivity index (χ0) is 16.1. The lowest BCUT2D eigenvalue weighted by Gasteiger charge is -2.37. The van der Waals surface area contributed by atoms with Gasteiger partial charge in [-0.05, 0) is 11.1 Å². The molecule has 7 heteroatoms. The van der Waals surface area contributed by atoms with Crippen molar-refractivity contribution in [2.24, 2.45) is 11.5 Å². The summed E-state index contributed by atoms with van der Waals surface area (Å²) in [6.07, 6.45) is 0. The second kappa shape index (κ2) is 12.5. The van der Waals surface area contributed by atoms with E-state index in [4.69, 9.17) is 29.8 Å². The summed E-state index contributed by atoms with van der Waals surface area (Å²) in [4.78, 5) is 0. The molecule has 0 aromatic carbocycles. The maximum absolute atomic E-state index is 6.18. The van der Waals surface area contributed by atoms with Crippen LogP contribution in [0.5, 0.6) is 0 Å². The van der Waals surface area contributed by atoms with Gasteiger partial charge in [0.2, 0.25) is 0 Å². The van der Waals surface area contributed by atoms with E-state index in [-0.39, 0.29) is 0 Å². The first kappa shape index (κ1) is 21.0. The molecule has 0 bridgehead atoms. The molecule has 0 saturated heterocycles. The fourth-order valence-electron chi connectivity index (χ4n) is 2.27. The Labute approximate surface area is 130 Å². The molecule has 6 nitrogen and oxygen atoms in total. The van der Waals surface area contributed by atoms with E-state index in [0.29, 0.717) is 63.8 Å². The highest BCUT2D eigenvalue weighted by molar-refractivity contribution is 6.70. The van der Waals surface area contributed by atoms with Gasteiger partial charge in [0.05, 0.1) is 39.6 Å². The quantitative estimate of drug-likeness (QED) is 0.369. The van der Waals surface area contributed by atoms with Crippen molar-refractivity contribution >= 4 is 8.56 Å². The molecule has 0 aromatic rings. The monoisotopic (exact) mass is 322 g/mol. The van der Waals surface area contributed by atoms with Crippen molar-refractivity contribution in [1.82, 2.24) is 0 Å². The summed E-state index contributed by atoms with van der Waals surface area (Å²) in [6, 6.07) is 0. The minimum atomic E-state index is -2.29. The van der Waals surface area contributed by atoms with E-state index >= 15 is 0 Å². The second-order valence-electron chi connectivity index (χ2n) is 5.53. The van der Waals surface area contributed by atoms with Crippen molar-refractivity contribution < 1.29 is 18.3 Å². The topological polar surface area (TPSA) is 89.0 Å². The zero-order valence-electron chi connectivity index (χ0n) is 14.1. The van der Waals surface area contributed by atoms with Crippen molar-refractivity contribution in [2.75, 3.05) is 52.7 Å². The minimum Gasteiger partial charge on any atom is -0.391 e. The van der Waals surface area contributed by atoms with Gasteiger partial charge >= 0.3 is 8.56 Å². The third-order valence-electron chi connectivity index (χ3n) is 3.24. The highest BCUT2D eigenvalue weighted by Crippen LogP contribution is 2.34. The third-order valence-corrected chi connectivity index (χ3v) is 7.77. The minimum absolute atomic E-state index is 0.363. The Hall–Kier alpha value is -0.0231. The molecule has 0 rings (SSSR count). The van der Waals surface area contributed by atoms with Gasteiger partial charge in [-0.15, -0.1) is 0 Å². The fraction of sp³-hybridized carbons (Fsp3) is 1.00. The van der Waals surface area contributed by atoms with Crippen LogP contribution in [-0.4, -0.2) is 61.3 Å². The molecular formula is C14H34N2O4Si. The van der Waals surface area contributed by atoms with Gasteiger partial charge in [0.15, 0.2) is 0 Å². The molecule has 0 saturated carbocycles. The molecule has 0 aliphatic heterocycles. The first-order valence-corrected chi connectivity index (χ1v) is 9.81. The Morgan fingerprint density at radius 3 is 1.33 bits per heavy atom. The van der Waals surface area contributed by atoms with E-state index in [2.05, 4.69) is 27.7 Å². The Morgan fingerprint density at radius 1 is 0.667 bits per heavy atom. The molecule has 0 heterocycles. The lowest BCUT2D eigenvalue weighted by atomic mass is 10.5. The lowest BCUT2D eigenvalue weighted by molar-refractivity contribution is 0.0568. The highest BCUT2D eigenvalue weighted by atomic mass is 28.4. The predicted octanol–water partition coefficient (Wildman–Crippen LogP) is 1.23. The standard InChI is InChI=1S/C14H34N2O4Si/c1-13(2)21(14(3)4,19-11-9-17-7-5-15)20-12-10-18-8-6-16/h13-14H,5-12,15-16H2,1-4H3. The summed E-state index contributed by atoms with van der Waals surface area (Å²) in [5, 5.41) is 0. The summed E-state index contributed by atoms with van der Waals surface area (Å²) in [7, 11) is -2.29. The van der Waals surface area contributed by atoms with E-state index in [1.54, 1.807) is 0 Å². The van der Waals surface area contributed by atoms with Crippen molar-refractivity contribution in [3.8, 4) is 0 Å². The molecule has 128 valence electrons. The average Bonchev–Trinajstić information content (AvgIpc) is 2.44. The van der Waals surface area contributed by atoms with Crippen LogP contribution in [0.1, 0.15) is 27.7 Å². The van der Waals surface area contributed by atoms with E-state index in [1.165, 1.54) is 0 Å². The molecule has 0 aromatic heterocycles. The van der Waals surface area contributed by atoms with Gasteiger partial charge in [-0.2, -0.15) is 0 Å². The van der Waals surface area contributed by atoms with Crippen molar-refractivity contribution in [1.29, 1.82) is 0 Å². The number of hydrogen-bond donors (Lipinski definition) is 2. The first-order valence-electron chi connectivity index (χ1n) is 7.84. The van der Waals surface area contributed by atoms with Gasteiger partial charge < -0.3 is 29.8 Å². The summed E-state index contributed by atoms with van der Waals surface area (Å²) >= 11 is 0. The molecule has 0 unspecified atom stereocenters. The van der Waals surface area contributed by atoms with Crippen LogP contribution in [-0.2, 0) is 18.3 Å². The Bertz CT molecular complexity index is 219. The van der Waals surface area contributed by atoms with E-state index < -0.39 is 8.56 Å². The highest BCUT2D eigenvalue weighted by Gasteiger charge is 2.44. The molecule has 0 atom stereocenters. The molecule has 0 radical (unpaired) electrons. The molecule has 4 N–H and O–H groups in total. The van der Waals surface area contributed by atoms with Crippen LogP contribution in [0.15, 0.2) is 0 Å². The number of ether oxygens (including phenoxy) is 2. The zero-order valence-corrected chi connectivity index (χ0v) is 15.1. The lowest BCUT2D eigenvalue weighted by Crippen LogP contribution is -2.49. The number of hydrogen-bond acceptors (Lipinski definition) is 6. The number of rotatable bonds is 14. The van der Waals surface area contributed by atoms with Crippen LogP contribution in [0.3, 0.4) is 0 Å². The largest absolute Gasteiger partial charge is 0.391 e. The smallest absolute Gasteiger partial charge is 0.343 e. The maximum Gasteiger partial charge on any atom is 0.343 e. The maximum atomic E-state index is 6.18.